The first-order valence-electron chi connectivity index (χ1n) is 10.3. The van der Waals surface area contributed by atoms with Crippen molar-refractivity contribution in [1.29, 1.82) is 0 Å². The highest BCUT2D eigenvalue weighted by Crippen LogP contribution is 2.23. The van der Waals surface area contributed by atoms with Crippen LogP contribution in [0.4, 0.5) is 4.79 Å². The molecular formula is C21H32N4O6S2. The van der Waals surface area contributed by atoms with Gasteiger partial charge in [-0.3, -0.25) is 0 Å². The fourth-order valence-electron chi connectivity index (χ4n) is 3.28. The molecule has 33 heavy (non-hydrogen) atoms. The van der Waals surface area contributed by atoms with Crippen LogP contribution in [-0.4, -0.2) is 48.6 Å². The molecule has 12 heteroatoms. The van der Waals surface area contributed by atoms with Crippen LogP contribution in [0, 0.1) is 26.7 Å². The fraction of sp³-hybridized carbons (Fsp3) is 0.524. The second-order valence-electron chi connectivity index (χ2n) is 9.18. The van der Waals surface area contributed by atoms with Crippen LogP contribution in [0.25, 0.3) is 0 Å². The highest BCUT2D eigenvalue weighted by atomic mass is 32.2. The normalized spacial score (nSPS) is 13.6. The number of aromatic nitrogens is 2. The largest absolute Gasteiger partial charge is 0.443 e. The molecule has 0 aliphatic rings. The summed E-state index contributed by atoms with van der Waals surface area (Å²) in [4.78, 5) is 12.5. The number of amides is 1. The van der Waals surface area contributed by atoms with Crippen LogP contribution in [-0.2, 0) is 31.4 Å². The second kappa shape index (κ2) is 9.43. The minimum absolute atomic E-state index is 0.114. The van der Waals surface area contributed by atoms with Gasteiger partial charge in [0.2, 0.25) is 0 Å². The number of carbonyl (C=O) groups excluding carboxylic acids is 1. The molecule has 2 aromatic rings. The predicted octanol–water partition coefficient (Wildman–Crippen LogP) is 2.66. The van der Waals surface area contributed by atoms with Gasteiger partial charge in [-0.2, -0.15) is 30.3 Å². The summed E-state index contributed by atoms with van der Waals surface area (Å²) in [6.45, 7) is 11.5. The monoisotopic (exact) mass is 500 g/mol. The van der Waals surface area contributed by atoms with E-state index in [-0.39, 0.29) is 17.9 Å². The van der Waals surface area contributed by atoms with Gasteiger partial charge in [0.1, 0.15) is 5.60 Å². The highest BCUT2D eigenvalue weighted by molar-refractivity contribution is 7.89. The molecule has 1 atom stereocenters. The molecule has 0 saturated heterocycles. The Morgan fingerprint density at radius 2 is 1.67 bits per heavy atom. The van der Waals surface area contributed by atoms with Crippen molar-refractivity contribution in [3.8, 4) is 0 Å². The van der Waals surface area contributed by atoms with E-state index in [1.807, 2.05) is 6.92 Å². The summed E-state index contributed by atoms with van der Waals surface area (Å²) in [6, 6.07) is 6.46. The van der Waals surface area contributed by atoms with E-state index in [0.29, 0.717) is 21.3 Å². The van der Waals surface area contributed by atoms with Crippen LogP contribution in [0.1, 0.15) is 50.2 Å². The molecule has 1 aromatic heterocycles. The van der Waals surface area contributed by atoms with Gasteiger partial charge in [0.15, 0.2) is 0 Å². The lowest BCUT2D eigenvalue weighted by Gasteiger charge is -2.27. The molecular weight excluding hydrogens is 468 g/mol. The number of hydrogen-bond donors (Lipinski definition) is 1. The number of aryl methyl sites for hydroxylation is 2. The standard InChI is InChI=1S/C21H32N4O6S2/c1-14-8-10-18(11-9-14)32(27,28)25-17(4)19(16(3)23-25)12-15(2)13-24(33(22,29)30)20(26)31-21(5,6)7/h8-11,15H,12-13H2,1-7H3,(H2,22,29,30). The number of ether oxygens (including phenoxy) is 1. The summed E-state index contributed by atoms with van der Waals surface area (Å²) in [5.41, 5.74) is 1.59. The molecule has 1 heterocycles. The minimum atomic E-state index is -4.36. The average Bonchev–Trinajstić information content (AvgIpc) is 2.93. The zero-order chi connectivity index (χ0) is 25.4. The molecule has 1 aromatic carbocycles. The summed E-state index contributed by atoms with van der Waals surface area (Å²) in [6.07, 6.45) is -0.793. The van der Waals surface area contributed by atoms with Gasteiger partial charge in [0, 0.05) is 6.54 Å². The van der Waals surface area contributed by atoms with E-state index in [9.17, 15) is 21.6 Å². The van der Waals surface area contributed by atoms with Crippen LogP contribution in [0.15, 0.2) is 29.2 Å². The molecule has 10 nitrogen and oxygen atoms in total. The Balaban J connectivity index is 2.31. The van der Waals surface area contributed by atoms with Gasteiger partial charge < -0.3 is 4.74 Å². The maximum absolute atomic E-state index is 13.1. The Hall–Kier alpha value is -2.44. The minimum Gasteiger partial charge on any atom is -0.443 e. The summed E-state index contributed by atoms with van der Waals surface area (Å²) in [5.74, 6) is -0.395. The molecule has 0 radical (unpaired) electrons. The van der Waals surface area contributed by atoms with Gasteiger partial charge in [-0.05, 0) is 71.6 Å². The number of nitrogens with two attached hydrogens (primary N) is 1. The molecule has 184 valence electrons. The lowest BCUT2D eigenvalue weighted by Crippen LogP contribution is -2.46. The third-order valence-corrected chi connectivity index (χ3v) is 7.47. The third kappa shape index (κ3) is 6.55. The molecule has 0 aliphatic carbocycles. The lowest BCUT2D eigenvalue weighted by molar-refractivity contribution is 0.0375. The van der Waals surface area contributed by atoms with Crippen molar-refractivity contribution in [2.75, 3.05) is 6.54 Å². The molecule has 0 spiro atoms. The van der Waals surface area contributed by atoms with Crippen molar-refractivity contribution < 1.29 is 26.4 Å². The highest BCUT2D eigenvalue weighted by Gasteiger charge is 2.31. The van der Waals surface area contributed by atoms with Crippen LogP contribution < -0.4 is 5.14 Å². The Morgan fingerprint density at radius 1 is 1.12 bits per heavy atom. The summed E-state index contributed by atoms with van der Waals surface area (Å²) in [5, 5.41) is 9.46. The third-order valence-electron chi connectivity index (χ3n) is 4.88. The van der Waals surface area contributed by atoms with Gasteiger partial charge in [-0.15, -0.1) is 0 Å². The number of carbonyl (C=O) groups is 1. The van der Waals surface area contributed by atoms with E-state index >= 15 is 0 Å². The second-order valence-corrected chi connectivity index (χ2v) is 12.4. The molecule has 2 N–H and O–H groups in total. The summed E-state index contributed by atoms with van der Waals surface area (Å²) >= 11 is 0. The molecule has 0 aliphatic heterocycles. The van der Waals surface area contributed by atoms with Gasteiger partial charge in [0.05, 0.1) is 16.3 Å². The van der Waals surface area contributed by atoms with Gasteiger partial charge in [-0.25, -0.2) is 9.93 Å². The number of rotatable bonds is 7. The fourth-order valence-corrected chi connectivity index (χ4v) is 5.37. The SMILES string of the molecule is Cc1ccc(S(=O)(=O)n2nc(C)c(CC(C)CN(C(=O)OC(C)(C)C)S(N)(=O)=O)c2C)cc1. The van der Waals surface area contributed by atoms with E-state index in [4.69, 9.17) is 9.88 Å². The van der Waals surface area contributed by atoms with Gasteiger partial charge >= 0.3 is 16.3 Å². The topological polar surface area (TPSA) is 142 Å². The van der Waals surface area contributed by atoms with E-state index in [0.717, 1.165) is 9.65 Å². The number of nitrogens with zero attached hydrogens (tertiary/aromatic N) is 3. The van der Waals surface area contributed by atoms with Gasteiger partial charge in [-0.1, -0.05) is 24.6 Å². The molecule has 0 saturated carbocycles. The van der Waals surface area contributed by atoms with E-state index in [1.165, 1.54) is 12.1 Å². The van der Waals surface area contributed by atoms with E-state index in [2.05, 4.69) is 5.10 Å². The van der Waals surface area contributed by atoms with Crippen molar-refractivity contribution in [3.63, 3.8) is 0 Å². The Morgan fingerprint density at radius 3 is 2.15 bits per heavy atom. The van der Waals surface area contributed by atoms with Crippen molar-refractivity contribution in [1.82, 2.24) is 13.5 Å². The summed E-state index contributed by atoms with van der Waals surface area (Å²) < 4.78 is 56.8. The predicted molar refractivity (Wildman–Crippen MR) is 124 cm³/mol. The van der Waals surface area contributed by atoms with Crippen molar-refractivity contribution in [2.24, 2.45) is 11.1 Å². The average molecular weight is 501 g/mol. The Bertz CT molecular complexity index is 1230. The van der Waals surface area contributed by atoms with Crippen LogP contribution in [0.3, 0.4) is 0 Å². The first-order valence-corrected chi connectivity index (χ1v) is 13.3. The molecule has 2 rings (SSSR count). The van der Waals surface area contributed by atoms with Gasteiger partial charge in [0.25, 0.3) is 10.0 Å². The molecule has 0 bridgehead atoms. The van der Waals surface area contributed by atoms with E-state index < -0.39 is 37.8 Å². The Labute approximate surface area is 196 Å². The van der Waals surface area contributed by atoms with Crippen LogP contribution in [0.2, 0.25) is 0 Å². The summed E-state index contributed by atoms with van der Waals surface area (Å²) in [7, 11) is -8.26. The molecule has 1 amide bonds. The van der Waals surface area contributed by atoms with E-state index in [1.54, 1.807) is 53.7 Å². The zero-order valence-electron chi connectivity index (χ0n) is 20.0. The smallest absolute Gasteiger partial charge is 0.425 e. The van der Waals surface area contributed by atoms with Crippen LogP contribution in [0.5, 0.6) is 0 Å². The van der Waals surface area contributed by atoms with Crippen molar-refractivity contribution in [3.05, 3.63) is 46.8 Å². The first kappa shape index (κ1) is 26.8. The van der Waals surface area contributed by atoms with Crippen LogP contribution >= 0.6 is 0 Å². The maximum atomic E-state index is 13.1. The number of hydrogen-bond acceptors (Lipinski definition) is 7. The first-order chi connectivity index (χ1) is 14.9. The lowest BCUT2D eigenvalue weighted by atomic mass is 10.00. The quantitative estimate of drug-likeness (QED) is 0.616. The molecule has 1 unspecified atom stereocenters. The zero-order valence-corrected chi connectivity index (χ0v) is 21.6. The maximum Gasteiger partial charge on any atom is 0.425 e. The van der Waals surface area contributed by atoms with Crippen molar-refractivity contribution >= 4 is 26.3 Å². The molecule has 0 fully saturated rings. The Kier molecular flexibility index (Phi) is 7.66. The van der Waals surface area contributed by atoms with Crippen molar-refractivity contribution in [2.45, 2.75) is 65.4 Å². The number of benzene rings is 1.